The summed E-state index contributed by atoms with van der Waals surface area (Å²) in [5.74, 6) is -1.07. The predicted molar refractivity (Wildman–Crippen MR) is 120 cm³/mol. The summed E-state index contributed by atoms with van der Waals surface area (Å²) in [5.41, 5.74) is 3.01. The molecule has 1 aliphatic carbocycles. The lowest BCUT2D eigenvalue weighted by atomic mass is 9.90. The highest BCUT2D eigenvalue weighted by atomic mass is 19.1. The molecule has 1 aromatic heterocycles. The number of aryl methyl sites for hydroxylation is 1. The van der Waals surface area contributed by atoms with Gasteiger partial charge in [0, 0.05) is 55.6 Å². The summed E-state index contributed by atoms with van der Waals surface area (Å²) in [7, 11) is 2.05. The minimum atomic E-state index is -0.540. The maximum atomic E-state index is 14.4. The molecular formula is C24H31F2N5O. The fourth-order valence-electron chi connectivity index (χ4n) is 4.59. The molecule has 1 saturated heterocycles. The van der Waals surface area contributed by atoms with Crippen molar-refractivity contribution in [3.8, 4) is 0 Å². The maximum Gasteiger partial charge on any atom is 0.274 e. The van der Waals surface area contributed by atoms with Crippen LogP contribution in [-0.2, 0) is 25.9 Å². The second-order valence-electron chi connectivity index (χ2n) is 8.82. The molecule has 8 heteroatoms. The topological polar surface area (TPSA) is 53.4 Å². The Labute approximate surface area is 187 Å². The molecule has 32 heavy (non-hydrogen) atoms. The van der Waals surface area contributed by atoms with Gasteiger partial charge in [0.1, 0.15) is 11.6 Å². The Hall–Kier alpha value is -2.58. The third-order valence-corrected chi connectivity index (χ3v) is 6.59. The third kappa shape index (κ3) is 4.47. The molecule has 0 spiro atoms. The summed E-state index contributed by atoms with van der Waals surface area (Å²) < 4.78 is 30.4. The van der Waals surface area contributed by atoms with E-state index in [1.54, 1.807) is 13.0 Å². The zero-order valence-corrected chi connectivity index (χ0v) is 18.8. The van der Waals surface area contributed by atoms with Crippen molar-refractivity contribution in [2.75, 3.05) is 33.2 Å². The summed E-state index contributed by atoms with van der Waals surface area (Å²) in [6, 6.07) is 2.77. The molecule has 6 nitrogen and oxygen atoms in total. The van der Waals surface area contributed by atoms with Gasteiger partial charge in [0.2, 0.25) is 0 Å². The van der Waals surface area contributed by atoms with Gasteiger partial charge >= 0.3 is 0 Å². The summed E-state index contributed by atoms with van der Waals surface area (Å²) in [5, 5.41) is 7.97. The van der Waals surface area contributed by atoms with Gasteiger partial charge in [-0.2, -0.15) is 5.10 Å². The monoisotopic (exact) mass is 443 g/mol. The van der Waals surface area contributed by atoms with Crippen LogP contribution in [0.3, 0.4) is 0 Å². The predicted octanol–water partition coefficient (Wildman–Crippen LogP) is 2.69. The standard InChI is InChI=1S/C24H31F2N5O/c1-4-9-31-21-8-6-17(27-15-19-20(25)7-5-16(2)22(19)26)14-18(21)23(28-31)24(32)30-12-10-29(3)11-13-30/h4-5,7,17,27H,1,6,8-15H2,2-3H3. The largest absolute Gasteiger partial charge is 0.335 e. The number of amides is 1. The average Bonchev–Trinajstić information content (AvgIpc) is 3.14. The molecule has 2 aromatic rings. The van der Waals surface area contributed by atoms with Crippen LogP contribution in [0, 0.1) is 18.6 Å². The average molecular weight is 444 g/mol. The minimum absolute atomic E-state index is 0.0160. The van der Waals surface area contributed by atoms with Crippen LogP contribution in [0.1, 0.15) is 39.3 Å². The number of aromatic nitrogens is 2. The Morgan fingerprint density at radius 1 is 1.28 bits per heavy atom. The van der Waals surface area contributed by atoms with E-state index in [1.807, 2.05) is 9.58 Å². The number of benzene rings is 1. The number of hydrogen-bond donors (Lipinski definition) is 1. The van der Waals surface area contributed by atoms with Crippen molar-refractivity contribution in [1.82, 2.24) is 24.9 Å². The number of likely N-dealkylation sites (N-methyl/N-ethyl adjacent to an activating group) is 1. The van der Waals surface area contributed by atoms with Crippen LogP contribution in [0.2, 0.25) is 0 Å². The third-order valence-electron chi connectivity index (χ3n) is 6.59. The number of carbonyl (C=O) groups is 1. The van der Waals surface area contributed by atoms with Crippen molar-refractivity contribution in [2.24, 2.45) is 0 Å². The van der Waals surface area contributed by atoms with Gasteiger partial charge in [-0.05, 0) is 44.9 Å². The van der Waals surface area contributed by atoms with E-state index in [4.69, 9.17) is 0 Å². The summed E-state index contributed by atoms with van der Waals surface area (Å²) >= 11 is 0. The Balaban J connectivity index is 1.53. The molecule has 1 aromatic carbocycles. The Bertz CT molecular complexity index is 1010. The second-order valence-corrected chi connectivity index (χ2v) is 8.82. The van der Waals surface area contributed by atoms with E-state index in [1.165, 1.54) is 12.1 Å². The number of hydrogen-bond acceptors (Lipinski definition) is 4. The number of rotatable bonds is 6. The van der Waals surface area contributed by atoms with Crippen molar-refractivity contribution in [1.29, 1.82) is 0 Å². The fourth-order valence-corrected chi connectivity index (χ4v) is 4.59. The van der Waals surface area contributed by atoms with Gasteiger partial charge in [0.25, 0.3) is 5.91 Å². The van der Waals surface area contributed by atoms with Crippen LogP contribution in [0.25, 0.3) is 0 Å². The highest BCUT2D eigenvalue weighted by Gasteiger charge is 2.32. The highest BCUT2D eigenvalue weighted by molar-refractivity contribution is 5.94. The van der Waals surface area contributed by atoms with E-state index >= 15 is 0 Å². The van der Waals surface area contributed by atoms with Crippen molar-refractivity contribution in [3.63, 3.8) is 0 Å². The van der Waals surface area contributed by atoms with E-state index in [0.717, 1.165) is 37.2 Å². The lowest BCUT2D eigenvalue weighted by molar-refractivity contribution is 0.0656. The summed E-state index contributed by atoms with van der Waals surface area (Å²) in [6.07, 6.45) is 3.96. The van der Waals surface area contributed by atoms with E-state index in [9.17, 15) is 13.6 Å². The molecule has 1 atom stereocenters. The quantitative estimate of drug-likeness (QED) is 0.698. The molecule has 1 fully saturated rings. The maximum absolute atomic E-state index is 14.4. The Morgan fingerprint density at radius 3 is 2.75 bits per heavy atom. The molecule has 1 unspecified atom stereocenters. The van der Waals surface area contributed by atoms with Crippen molar-refractivity contribution in [3.05, 3.63) is 64.5 Å². The smallest absolute Gasteiger partial charge is 0.274 e. The normalized spacial score (nSPS) is 19.1. The molecule has 172 valence electrons. The first-order valence-corrected chi connectivity index (χ1v) is 11.2. The molecule has 0 saturated carbocycles. The van der Waals surface area contributed by atoms with Gasteiger partial charge in [-0.15, -0.1) is 6.58 Å². The lowest BCUT2D eigenvalue weighted by Crippen LogP contribution is -2.47. The Morgan fingerprint density at radius 2 is 2.03 bits per heavy atom. The molecule has 2 aliphatic rings. The summed E-state index contributed by atoms with van der Waals surface area (Å²) in [6.45, 7) is 9.18. The molecule has 1 amide bonds. The highest BCUT2D eigenvalue weighted by Crippen LogP contribution is 2.27. The number of halogens is 2. The van der Waals surface area contributed by atoms with Crippen molar-refractivity contribution >= 4 is 5.91 Å². The molecular weight excluding hydrogens is 412 g/mol. The first-order chi connectivity index (χ1) is 15.4. The van der Waals surface area contributed by atoms with Crippen LogP contribution >= 0.6 is 0 Å². The number of fused-ring (bicyclic) bond motifs is 1. The molecule has 1 N–H and O–H groups in total. The number of piperazine rings is 1. The number of allylic oxidation sites excluding steroid dienone is 1. The van der Waals surface area contributed by atoms with E-state index in [-0.39, 0.29) is 24.1 Å². The van der Waals surface area contributed by atoms with E-state index < -0.39 is 11.6 Å². The first kappa shape index (κ1) is 22.6. The SMILES string of the molecule is C=CCn1nc(C(=O)N2CCN(C)CC2)c2c1CCC(NCc1c(F)ccc(C)c1F)C2. The van der Waals surface area contributed by atoms with Gasteiger partial charge < -0.3 is 15.1 Å². The zero-order valence-electron chi connectivity index (χ0n) is 18.8. The van der Waals surface area contributed by atoms with Gasteiger partial charge in [-0.3, -0.25) is 9.48 Å². The van der Waals surface area contributed by atoms with Gasteiger partial charge in [0.15, 0.2) is 5.69 Å². The van der Waals surface area contributed by atoms with Crippen LogP contribution in [0.4, 0.5) is 8.78 Å². The van der Waals surface area contributed by atoms with Gasteiger partial charge in [-0.1, -0.05) is 12.1 Å². The van der Waals surface area contributed by atoms with Gasteiger partial charge in [0.05, 0.1) is 6.54 Å². The van der Waals surface area contributed by atoms with E-state index in [2.05, 4.69) is 28.9 Å². The van der Waals surface area contributed by atoms with Crippen LogP contribution in [-0.4, -0.2) is 64.8 Å². The fraction of sp³-hybridized carbons (Fsp3) is 0.500. The summed E-state index contributed by atoms with van der Waals surface area (Å²) in [4.78, 5) is 17.4. The number of nitrogens with zero attached hydrogens (tertiary/aromatic N) is 4. The van der Waals surface area contributed by atoms with E-state index in [0.29, 0.717) is 37.3 Å². The molecule has 1 aliphatic heterocycles. The van der Waals surface area contributed by atoms with Crippen molar-refractivity contribution < 1.29 is 13.6 Å². The molecule has 2 heterocycles. The molecule has 4 rings (SSSR count). The van der Waals surface area contributed by atoms with Crippen molar-refractivity contribution in [2.45, 2.75) is 45.3 Å². The van der Waals surface area contributed by atoms with Crippen LogP contribution in [0.5, 0.6) is 0 Å². The minimum Gasteiger partial charge on any atom is -0.335 e. The second kappa shape index (κ2) is 9.50. The van der Waals surface area contributed by atoms with Crippen LogP contribution < -0.4 is 5.32 Å². The first-order valence-electron chi connectivity index (χ1n) is 11.2. The Kier molecular flexibility index (Phi) is 6.71. The zero-order chi connectivity index (χ0) is 22.8. The lowest BCUT2D eigenvalue weighted by Gasteiger charge is -2.32. The molecule has 0 radical (unpaired) electrons. The molecule has 0 bridgehead atoms. The number of nitrogens with one attached hydrogen (secondary N) is 1. The van der Waals surface area contributed by atoms with Crippen LogP contribution in [0.15, 0.2) is 24.8 Å². The van der Waals surface area contributed by atoms with Gasteiger partial charge in [-0.25, -0.2) is 8.78 Å². The number of carbonyl (C=O) groups excluding carboxylic acids is 1.